The molecule has 2 saturated heterocycles. The van der Waals surface area contributed by atoms with Gasteiger partial charge in [0.15, 0.2) is 0 Å². The van der Waals surface area contributed by atoms with E-state index in [9.17, 15) is 14.7 Å². The van der Waals surface area contributed by atoms with Gasteiger partial charge in [-0.2, -0.15) is 0 Å². The predicted octanol–water partition coefficient (Wildman–Crippen LogP) is 1.52. The molecule has 1 amide bonds. The van der Waals surface area contributed by atoms with E-state index in [1.54, 1.807) is 20.9 Å². The first-order valence-electron chi connectivity index (χ1n) is 10.7. The van der Waals surface area contributed by atoms with E-state index >= 15 is 0 Å². The Balaban J connectivity index is 1.71. The van der Waals surface area contributed by atoms with Crippen molar-refractivity contribution in [3.05, 3.63) is 33.2 Å². The average molecular weight is 406 g/mol. The smallest absolute Gasteiger partial charge is 0.263 e. The van der Waals surface area contributed by atoms with Crippen molar-refractivity contribution in [3.8, 4) is 0 Å². The minimum atomic E-state index is -1.09. The lowest BCUT2D eigenvalue weighted by atomic mass is 9.75. The van der Waals surface area contributed by atoms with E-state index < -0.39 is 17.6 Å². The van der Waals surface area contributed by atoms with E-state index in [0.29, 0.717) is 12.0 Å². The van der Waals surface area contributed by atoms with Crippen molar-refractivity contribution in [1.82, 2.24) is 14.8 Å². The Morgan fingerprint density at radius 1 is 1.34 bits per heavy atom. The standard InChI is InChI=1S/C22H35N3O4/c1-6-9-25-10-7-22(8-11-25)14-21(4,28)17(13-29-22)23-19(26)18-15(2)12-16(3)24(5)20(18)27/h12,17,28H,6-11,13-14H2,1-5H3,(H,23,26)/t17-,21-/m0/s1. The number of aliphatic hydroxyl groups is 1. The van der Waals surface area contributed by atoms with Crippen molar-refractivity contribution in [2.75, 3.05) is 26.2 Å². The molecule has 0 unspecified atom stereocenters. The molecule has 0 aliphatic carbocycles. The number of amides is 1. The van der Waals surface area contributed by atoms with E-state index in [1.807, 2.05) is 13.0 Å². The topological polar surface area (TPSA) is 83.8 Å². The molecule has 2 N–H and O–H groups in total. The number of hydrogen-bond acceptors (Lipinski definition) is 5. The Kier molecular flexibility index (Phi) is 6.22. The summed E-state index contributed by atoms with van der Waals surface area (Å²) < 4.78 is 7.71. The lowest BCUT2D eigenvalue weighted by Crippen LogP contribution is -2.64. The van der Waals surface area contributed by atoms with Crippen molar-refractivity contribution < 1.29 is 14.6 Å². The number of pyridine rings is 1. The van der Waals surface area contributed by atoms with Gasteiger partial charge in [0.05, 0.1) is 23.9 Å². The maximum atomic E-state index is 12.9. The minimum absolute atomic E-state index is 0.127. The summed E-state index contributed by atoms with van der Waals surface area (Å²) in [5.74, 6) is -0.453. The molecule has 0 bridgehead atoms. The molecule has 0 aromatic carbocycles. The highest BCUT2D eigenvalue weighted by atomic mass is 16.5. The molecular weight excluding hydrogens is 370 g/mol. The number of piperidine rings is 1. The first-order valence-corrected chi connectivity index (χ1v) is 10.7. The summed E-state index contributed by atoms with van der Waals surface area (Å²) in [4.78, 5) is 27.9. The van der Waals surface area contributed by atoms with E-state index in [-0.39, 0.29) is 23.3 Å². The predicted molar refractivity (Wildman–Crippen MR) is 112 cm³/mol. The van der Waals surface area contributed by atoms with Gasteiger partial charge in [-0.15, -0.1) is 0 Å². The second-order valence-electron chi connectivity index (χ2n) is 9.10. The van der Waals surface area contributed by atoms with Crippen LogP contribution in [0.3, 0.4) is 0 Å². The van der Waals surface area contributed by atoms with Gasteiger partial charge in [-0.25, -0.2) is 0 Å². The molecule has 3 heterocycles. The maximum absolute atomic E-state index is 12.9. The fraction of sp³-hybridized carbons (Fsp3) is 0.727. The Labute approximate surface area is 173 Å². The van der Waals surface area contributed by atoms with Gasteiger partial charge >= 0.3 is 0 Å². The SMILES string of the molecule is CCCN1CCC2(CC1)C[C@](C)(O)[C@@H](NC(=O)c1c(C)cc(C)n(C)c1=O)CO2. The zero-order valence-electron chi connectivity index (χ0n) is 18.4. The summed E-state index contributed by atoms with van der Waals surface area (Å²) in [6.07, 6.45) is 3.40. The molecule has 1 aromatic rings. The minimum Gasteiger partial charge on any atom is -0.388 e. The van der Waals surface area contributed by atoms with Crippen LogP contribution in [0.5, 0.6) is 0 Å². The Bertz CT molecular complexity index is 822. The van der Waals surface area contributed by atoms with Crippen molar-refractivity contribution in [2.45, 2.75) is 70.6 Å². The van der Waals surface area contributed by atoms with Gasteiger partial charge in [0, 0.05) is 32.3 Å². The van der Waals surface area contributed by atoms with Crippen LogP contribution in [0.1, 0.15) is 61.1 Å². The molecule has 2 aliphatic heterocycles. The monoisotopic (exact) mass is 405 g/mol. The molecular formula is C22H35N3O4. The second kappa shape index (κ2) is 8.20. The molecule has 7 nitrogen and oxygen atoms in total. The third-order valence-corrected chi connectivity index (χ3v) is 6.69. The molecule has 0 saturated carbocycles. The molecule has 3 rings (SSSR count). The third kappa shape index (κ3) is 4.42. The molecule has 1 aromatic heterocycles. The number of aromatic nitrogens is 1. The van der Waals surface area contributed by atoms with Crippen LogP contribution in [-0.4, -0.2) is 64.0 Å². The zero-order valence-corrected chi connectivity index (χ0v) is 18.4. The lowest BCUT2D eigenvalue weighted by Gasteiger charge is -2.51. The Morgan fingerprint density at radius 2 is 2.00 bits per heavy atom. The molecule has 2 aliphatic rings. The van der Waals surface area contributed by atoms with Crippen molar-refractivity contribution in [2.24, 2.45) is 7.05 Å². The largest absolute Gasteiger partial charge is 0.388 e. The summed E-state index contributed by atoms with van der Waals surface area (Å²) >= 11 is 0. The molecule has 2 fully saturated rings. The van der Waals surface area contributed by atoms with E-state index in [0.717, 1.165) is 44.6 Å². The number of nitrogens with one attached hydrogen (secondary N) is 1. The molecule has 7 heteroatoms. The zero-order chi connectivity index (χ0) is 21.4. The van der Waals surface area contributed by atoms with E-state index in [2.05, 4.69) is 17.1 Å². The van der Waals surface area contributed by atoms with Crippen LogP contribution in [-0.2, 0) is 11.8 Å². The summed E-state index contributed by atoms with van der Waals surface area (Å²) in [5, 5.41) is 14.0. The normalized spacial score (nSPS) is 27.2. The second-order valence-corrected chi connectivity index (χ2v) is 9.10. The van der Waals surface area contributed by atoms with Gasteiger partial charge < -0.3 is 24.6 Å². The Morgan fingerprint density at radius 3 is 2.59 bits per heavy atom. The number of carbonyl (C=O) groups is 1. The van der Waals surface area contributed by atoms with Crippen LogP contribution in [0.4, 0.5) is 0 Å². The fourth-order valence-electron chi connectivity index (χ4n) is 4.77. The summed E-state index contributed by atoms with van der Waals surface area (Å²) in [6.45, 7) is 10.8. The molecule has 0 radical (unpaired) electrons. The van der Waals surface area contributed by atoms with Gasteiger partial charge in [-0.05, 0) is 58.2 Å². The lowest BCUT2D eigenvalue weighted by molar-refractivity contribution is -0.186. The fourth-order valence-corrected chi connectivity index (χ4v) is 4.77. The number of likely N-dealkylation sites (tertiary alicyclic amines) is 1. The highest BCUT2D eigenvalue weighted by Crippen LogP contribution is 2.39. The molecule has 162 valence electrons. The van der Waals surface area contributed by atoms with Gasteiger partial charge in [-0.1, -0.05) is 6.92 Å². The average Bonchev–Trinajstić information content (AvgIpc) is 2.64. The maximum Gasteiger partial charge on any atom is 0.263 e. The van der Waals surface area contributed by atoms with Crippen LogP contribution >= 0.6 is 0 Å². The third-order valence-electron chi connectivity index (χ3n) is 6.69. The van der Waals surface area contributed by atoms with E-state index in [4.69, 9.17) is 4.74 Å². The number of aryl methyl sites for hydroxylation is 2. The van der Waals surface area contributed by atoms with Gasteiger partial charge in [0.1, 0.15) is 5.56 Å². The molecule has 1 spiro atoms. The summed E-state index contributed by atoms with van der Waals surface area (Å²) in [5.41, 5.74) is -0.180. The quantitative estimate of drug-likeness (QED) is 0.794. The van der Waals surface area contributed by atoms with Crippen LogP contribution < -0.4 is 10.9 Å². The van der Waals surface area contributed by atoms with Gasteiger partial charge in [0.25, 0.3) is 11.5 Å². The number of rotatable bonds is 4. The van der Waals surface area contributed by atoms with Crippen LogP contribution in [0.2, 0.25) is 0 Å². The van der Waals surface area contributed by atoms with Gasteiger partial charge in [0.2, 0.25) is 0 Å². The van der Waals surface area contributed by atoms with Gasteiger partial charge in [-0.3, -0.25) is 9.59 Å². The summed E-state index contributed by atoms with van der Waals surface area (Å²) in [7, 11) is 1.66. The Hall–Kier alpha value is -1.70. The van der Waals surface area contributed by atoms with Crippen LogP contribution in [0.25, 0.3) is 0 Å². The van der Waals surface area contributed by atoms with Crippen LogP contribution in [0, 0.1) is 13.8 Å². The highest BCUT2D eigenvalue weighted by molar-refractivity contribution is 5.95. The number of nitrogens with zero attached hydrogens (tertiary/aromatic N) is 2. The van der Waals surface area contributed by atoms with Crippen molar-refractivity contribution >= 4 is 5.91 Å². The molecule has 2 atom stereocenters. The number of ether oxygens (including phenoxy) is 1. The van der Waals surface area contributed by atoms with Crippen LogP contribution in [0.15, 0.2) is 10.9 Å². The molecule has 29 heavy (non-hydrogen) atoms. The number of carbonyl (C=O) groups excluding carboxylic acids is 1. The van der Waals surface area contributed by atoms with Crippen molar-refractivity contribution in [3.63, 3.8) is 0 Å². The number of hydrogen-bond donors (Lipinski definition) is 2. The van der Waals surface area contributed by atoms with Crippen molar-refractivity contribution in [1.29, 1.82) is 0 Å². The summed E-state index contributed by atoms with van der Waals surface area (Å²) in [6, 6.07) is 1.27. The van der Waals surface area contributed by atoms with E-state index in [1.165, 1.54) is 4.57 Å². The first-order chi connectivity index (χ1) is 13.6. The highest BCUT2D eigenvalue weighted by Gasteiger charge is 2.49. The first kappa shape index (κ1) is 22.0.